The molecule has 1 aliphatic rings. The van der Waals surface area contributed by atoms with Gasteiger partial charge in [-0.25, -0.2) is 5.43 Å². The lowest BCUT2D eigenvalue weighted by Gasteiger charge is -2.15. The number of hydrogen-bond donors (Lipinski definition) is 1. The number of fused-ring (bicyclic) bond motifs is 3. The Labute approximate surface area is 176 Å². The predicted octanol–water partition coefficient (Wildman–Crippen LogP) is 4.08. The van der Waals surface area contributed by atoms with E-state index in [1.165, 1.54) is 35.0 Å². The number of hydrogen-bond acceptors (Lipinski definition) is 4. The quantitative estimate of drug-likeness (QED) is 0.476. The van der Waals surface area contributed by atoms with E-state index in [1.54, 1.807) is 20.4 Å². The molecule has 0 spiro atoms. The van der Waals surface area contributed by atoms with Crippen molar-refractivity contribution in [3.05, 3.63) is 59.3 Å². The number of benzene rings is 2. The summed E-state index contributed by atoms with van der Waals surface area (Å²) in [5.74, 6) is 1.25. The Morgan fingerprint density at radius 3 is 2.80 bits per heavy atom. The van der Waals surface area contributed by atoms with Gasteiger partial charge in [-0.1, -0.05) is 18.2 Å². The van der Waals surface area contributed by atoms with Gasteiger partial charge in [0.1, 0.15) is 11.5 Å². The Hall–Kier alpha value is -3.28. The second kappa shape index (κ2) is 9.03. The van der Waals surface area contributed by atoms with Crippen LogP contribution in [0, 0.1) is 0 Å². The van der Waals surface area contributed by atoms with Crippen LogP contribution in [0.15, 0.2) is 47.6 Å². The molecule has 1 N–H and O–H groups in total. The zero-order chi connectivity index (χ0) is 20.9. The summed E-state index contributed by atoms with van der Waals surface area (Å²) < 4.78 is 12.9. The molecule has 0 fully saturated rings. The van der Waals surface area contributed by atoms with Crippen molar-refractivity contribution in [3.8, 4) is 11.5 Å². The largest absolute Gasteiger partial charge is 0.497 e. The molecule has 30 heavy (non-hydrogen) atoms. The number of amides is 1. The maximum Gasteiger partial charge on any atom is 0.241 e. The third kappa shape index (κ3) is 4.03. The highest BCUT2D eigenvalue weighted by Gasteiger charge is 2.19. The number of para-hydroxylation sites is 1. The van der Waals surface area contributed by atoms with E-state index in [9.17, 15) is 4.79 Å². The lowest BCUT2D eigenvalue weighted by atomic mass is 9.95. The van der Waals surface area contributed by atoms with Crippen molar-refractivity contribution in [2.75, 3.05) is 14.2 Å². The zero-order valence-corrected chi connectivity index (χ0v) is 17.5. The molecule has 156 valence electrons. The number of carbonyl (C=O) groups is 1. The fourth-order valence-corrected chi connectivity index (χ4v) is 4.23. The Bertz CT molecular complexity index is 1080. The Morgan fingerprint density at radius 1 is 1.13 bits per heavy atom. The molecule has 0 atom stereocenters. The molecule has 0 radical (unpaired) electrons. The average molecular weight is 405 g/mol. The maximum absolute atomic E-state index is 12.4. The average Bonchev–Trinajstić information content (AvgIpc) is 3.11. The highest BCUT2D eigenvalue weighted by molar-refractivity contribution is 5.87. The molecule has 0 aliphatic heterocycles. The van der Waals surface area contributed by atoms with Crippen LogP contribution in [-0.4, -0.2) is 30.9 Å². The number of aromatic nitrogens is 1. The smallest absolute Gasteiger partial charge is 0.241 e. The Kier molecular flexibility index (Phi) is 6.02. The molecule has 6 nitrogen and oxygen atoms in total. The number of hydrazone groups is 1. The van der Waals surface area contributed by atoms with Crippen LogP contribution in [0.4, 0.5) is 0 Å². The lowest BCUT2D eigenvalue weighted by Crippen LogP contribution is -2.20. The van der Waals surface area contributed by atoms with Gasteiger partial charge in [0.05, 0.1) is 20.4 Å². The van der Waals surface area contributed by atoms with E-state index in [-0.39, 0.29) is 5.91 Å². The van der Waals surface area contributed by atoms with E-state index in [2.05, 4.69) is 39.4 Å². The molecule has 1 aromatic heterocycles. The van der Waals surface area contributed by atoms with Crippen LogP contribution < -0.4 is 14.9 Å². The van der Waals surface area contributed by atoms with Crippen LogP contribution in [0.2, 0.25) is 0 Å². The fraction of sp³-hybridized carbons (Fsp3) is 0.333. The van der Waals surface area contributed by atoms with Crippen LogP contribution in [-0.2, 0) is 24.2 Å². The molecule has 0 bridgehead atoms. The number of methoxy groups -OCH3 is 2. The van der Waals surface area contributed by atoms with Gasteiger partial charge in [0, 0.05) is 35.1 Å². The van der Waals surface area contributed by atoms with Crippen LogP contribution in [0.25, 0.3) is 10.9 Å². The minimum absolute atomic E-state index is 0.115. The van der Waals surface area contributed by atoms with Gasteiger partial charge in [-0.2, -0.15) is 5.10 Å². The number of aryl methyl sites for hydroxylation is 2. The van der Waals surface area contributed by atoms with Crippen molar-refractivity contribution in [2.45, 2.75) is 38.6 Å². The van der Waals surface area contributed by atoms with E-state index in [0.717, 1.165) is 18.4 Å². The third-order valence-electron chi connectivity index (χ3n) is 5.68. The first-order valence-electron chi connectivity index (χ1n) is 10.3. The van der Waals surface area contributed by atoms with Gasteiger partial charge in [0.25, 0.3) is 0 Å². The first kappa shape index (κ1) is 20.0. The Morgan fingerprint density at radius 2 is 1.97 bits per heavy atom. The van der Waals surface area contributed by atoms with Crippen molar-refractivity contribution in [1.82, 2.24) is 9.99 Å². The van der Waals surface area contributed by atoms with Gasteiger partial charge < -0.3 is 14.0 Å². The van der Waals surface area contributed by atoms with Gasteiger partial charge in [-0.15, -0.1) is 0 Å². The molecule has 0 saturated carbocycles. The highest BCUT2D eigenvalue weighted by atomic mass is 16.5. The summed E-state index contributed by atoms with van der Waals surface area (Å²) in [5, 5.41) is 5.44. The molecule has 3 aromatic rings. The first-order chi connectivity index (χ1) is 14.7. The van der Waals surface area contributed by atoms with E-state index < -0.39 is 0 Å². The summed E-state index contributed by atoms with van der Waals surface area (Å²) in [7, 11) is 3.20. The summed E-state index contributed by atoms with van der Waals surface area (Å²) in [4.78, 5) is 12.4. The minimum atomic E-state index is -0.115. The molecule has 2 aromatic carbocycles. The second-order valence-corrected chi connectivity index (χ2v) is 7.45. The molecule has 1 aliphatic carbocycles. The topological polar surface area (TPSA) is 64.8 Å². The predicted molar refractivity (Wildman–Crippen MR) is 118 cm³/mol. The number of nitrogens with zero attached hydrogens (tertiary/aromatic N) is 2. The summed E-state index contributed by atoms with van der Waals surface area (Å²) >= 11 is 0. The maximum atomic E-state index is 12.4. The molecular weight excluding hydrogens is 378 g/mol. The van der Waals surface area contributed by atoms with Crippen molar-refractivity contribution in [2.24, 2.45) is 5.10 Å². The van der Waals surface area contributed by atoms with Gasteiger partial charge in [-0.05, 0) is 55.5 Å². The molecule has 6 heteroatoms. The number of carbonyl (C=O) groups excluding carboxylic acids is 1. The number of ether oxygens (including phenoxy) is 2. The van der Waals surface area contributed by atoms with Crippen LogP contribution in [0.1, 0.15) is 36.1 Å². The normalized spacial score (nSPS) is 13.4. The minimum Gasteiger partial charge on any atom is -0.497 e. The van der Waals surface area contributed by atoms with Crippen LogP contribution in [0.5, 0.6) is 11.5 Å². The van der Waals surface area contributed by atoms with Crippen LogP contribution >= 0.6 is 0 Å². The van der Waals surface area contributed by atoms with Gasteiger partial charge in [0.15, 0.2) is 0 Å². The van der Waals surface area contributed by atoms with Crippen molar-refractivity contribution >= 4 is 23.0 Å². The number of nitrogens with one attached hydrogen (secondary N) is 1. The fourth-order valence-electron chi connectivity index (χ4n) is 4.23. The third-order valence-corrected chi connectivity index (χ3v) is 5.68. The van der Waals surface area contributed by atoms with Crippen molar-refractivity contribution < 1.29 is 14.3 Å². The molecule has 0 unspecified atom stereocenters. The van der Waals surface area contributed by atoms with Crippen molar-refractivity contribution in [1.29, 1.82) is 0 Å². The molecule has 0 saturated heterocycles. The lowest BCUT2D eigenvalue weighted by molar-refractivity contribution is -0.121. The molecule has 4 rings (SSSR count). The van der Waals surface area contributed by atoms with Gasteiger partial charge in [0.2, 0.25) is 5.91 Å². The van der Waals surface area contributed by atoms with Crippen molar-refractivity contribution in [3.63, 3.8) is 0 Å². The summed E-state index contributed by atoms with van der Waals surface area (Å²) in [6, 6.07) is 13.9. The monoisotopic (exact) mass is 405 g/mol. The summed E-state index contributed by atoms with van der Waals surface area (Å²) in [5.41, 5.74) is 7.44. The number of rotatable bonds is 7. The summed E-state index contributed by atoms with van der Waals surface area (Å²) in [6.07, 6.45) is 6.61. The highest BCUT2D eigenvalue weighted by Crippen LogP contribution is 2.32. The standard InChI is InChI=1S/C24H27N3O3/c1-29-18-11-12-23(30-2)17(15-18)16-25-26-24(28)13-14-27-21-9-5-3-7-19(21)20-8-4-6-10-22(20)27/h3,5,7,9,11-12,15-16H,4,6,8,10,13-14H2,1-2H3,(H,26,28)/b25-16-. The van der Waals surface area contributed by atoms with Crippen LogP contribution in [0.3, 0.4) is 0 Å². The molecule has 1 amide bonds. The van der Waals surface area contributed by atoms with E-state index in [4.69, 9.17) is 9.47 Å². The summed E-state index contributed by atoms with van der Waals surface area (Å²) in [6.45, 7) is 0.652. The zero-order valence-electron chi connectivity index (χ0n) is 17.5. The van der Waals surface area contributed by atoms with E-state index in [1.807, 2.05) is 18.2 Å². The first-order valence-corrected chi connectivity index (χ1v) is 10.3. The van der Waals surface area contributed by atoms with E-state index in [0.29, 0.717) is 24.5 Å². The SMILES string of the molecule is COc1ccc(OC)c(/C=N\NC(=O)CCn2c3c(c4ccccc42)CCCC3)c1. The van der Waals surface area contributed by atoms with Gasteiger partial charge in [-0.3, -0.25) is 4.79 Å². The Balaban J connectivity index is 1.43. The molecule has 1 heterocycles. The molecular formula is C24H27N3O3. The second-order valence-electron chi connectivity index (χ2n) is 7.45. The van der Waals surface area contributed by atoms with Gasteiger partial charge >= 0.3 is 0 Å². The van der Waals surface area contributed by atoms with E-state index >= 15 is 0 Å².